The van der Waals surface area contributed by atoms with Crippen LogP contribution in [-0.2, 0) is 4.74 Å². The summed E-state index contributed by atoms with van der Waals surface area (Å²) < 4.78 is 4.97. The van der Waals surface area contributed by atoms with Gasteiger partial charge in [0.2, 0.25) is 5.82 Å². The van der Waals surface area contributed by atoms with Gasteiger partial charge in [-0.25, -0.2) is 9.78 Å². The van der Waals surface area contributed by atoms with Gasteiger partial charge in [-0.1, -0.05) is 13.3 Å². The summed E-state index contributed by atoms with van der Waals surface area (Å²) >= 11 is 0. The van der Waals surface area contributed by atoms with Crippen LogP contribution in [0, 0.1) is 10.1 Å². The molecule has 0 aromatic carbocycles. The topological polar surface area (TPSA) is 106 Å². The lowest BCUT2D eigenvalue weighted by Crippen LogP contribution is -2.28. The predicted octanol–water partition coefficient (Wildman–Crippen LogP) is 3.30. The number of amides is 1. The second-order valence-corrected chi connectivity index (χ2v) is 5.21. The number of carbonyl (C=O) groups is 1. The van der Waals surface area contributed by atoms with Gasteiger partial charge in [-0.15, -0.1) is 0 Å². The number of unbranched alkanes of at least 4 members (excludes halogenated alkanes) is 1. The maximum atomic E-state index is 11.6. The largest absolute Gasteiger partial charge is 0.449 e. The fraction of sp³-hybridized carbons (Fsp3) is 0.571. The predicted molar refractivity (Wildman–Crippen MR) is 82.0 cm³/mol. The van der Waals surface area contributed by atoms with Crippen molar-refractivity contribution in [2.75, 3.05) is 17.2 Å². The molecule has 8 nitrogen and oxygen atoms in total. The molecule has 0 unspecified atom stereocenters. The minimum atomic E-state index is -0.607. The fourth-order valence-electron chi connectivity index (χ4n) is 1.97. The molecule has 2 N–H and O–H groups in total. The molecule has 1 aliphatic rings. The summed E-state index contributed by atoms with van der Waals surface area (Å²) in [6.45, 7) is 2.33. The van der Waals surface area contributed by atoms with E-state index in [1.807, 2.05) is 6.92 Å². The Hall–Kier alpha value is -2.38. The van der Waals surface area contributed by atoms with E-state index < -0.39 is 11.0 Å². The average molecular weight is 308 g/mol. The standard InChI is InChI=1S/C14H20N4O4/c1-2-3-9-22-14(19)17-12-8-7-11(18(20)21)13(16-12)15-10-5-4-6-10/h7-8,10H,2-6,9H2,1H3,(H2,15,16,17,19). The first-order chi connectivity index (χ1) is 10.6. The van der Waals surface area contributed by atoms with Crippen LogP contribution in [0.15, 0.2) is 12.1 Å². The Labute approximate surface area is 128 Å². The number of nitrogens with zero attached hydrogens (tertiary/aromatic N) is 2. The van der Waals surface area contributed by atoms with Crippen LogP contribution in [0.5, 0.6) is 0 Å². The quantitative estimate of drug-likeness (QED) is 0.454. The van der Waals surface area contributed by atoms with E-state index in [1.54, 1.807) is 0 Å². The monoisotopic (exact) mass is 308 g/mol. The van der Waals surface area contributed by atoms with Crippen LogP contribution in [0.25, 0.3) is 0 Å². The minimum Gasteiger partial charge on any atom is -0.449 e. The van der Waals surface area contributed by atoms with Gasteiger partial charge >= 0.3 is 11.8 Å². The fourth-order valence-corrected chi connectivity index (χ4v) is 1.97. The van der Waals surface area contributed by atoms with Crippen molar-refractivity contribution in [3.8, 4) is 0 Å². The summed E-state index contributed by atoms with van der Waals surface area (Å²) in [7, 11) is 0. The number of rotatable bonds is 7. The van der Waals surface area contributed by atoms with Gasteiger partial charge in [0.1, 0.15) is 5.82 Å². The molecule has 1 saturated carbocycles. The minimum absolute atomic E-state index is 0.100. The van der Waals surface area contributed by atoms with Crippen molar-refractivity contribution in [1.29, 1.82) is 0 Å². The molecule has 1 fully saturated rings. The Morgan fingerprint density at radius 1 is 1.50 bits per heavy atom. The molecule has 0 atom stereocenters. The van der Waals surface area contributed by atoms with Crippen molar-refractivity contribution in [3.63, 3.8) is 0 Å². The molecule has 1 aromatic rings. The summed E-state index contributed by atoms with van der Waals surface area (Å²) in [5, 5.41) is 16.6. The molecule has 1 aliphatic carbocycles. The van der Waals surface area contributed by atoms with Crippen LogP contribution in [0.2, 0.25) is 0 Å². The molecular formula is C14H20N4O4. The molecule has 120 valence electrons. The van der Waals surface area contributed by atoms with Crippen molar-refractivity contribution in [1.82, 2.24) is 4.98 Å². The first-order valence-electron chi connectivity index (χ1n) is 7.46. The summed E-state index contributed by atoms with van der Waals surface area (Å²) in [6.07, 6.45) is 4.15. The smallest absolute Gasteiger partial charge is 0.412 e. The van der Waals surface area contributed by atoms with Crippen LogP contribution in [0.1, 0.15) is 39.0 Å². The van der Waals surface area contributed by atoms with Crippen molar-refractivity contribution in [3.05, 3.63) is 22.2 Å². The SMILES string of the molecule is CCCCOC(=O)Nc1ccc([N+](=O)[O-])c(NC2CCC2)n1. The van der Waals surface area contributed by atoms with E-state index in [9.17, 15) is 14.9 Å². The summed E-state index contributed by atoms with van der Waals surface area (Å²) in [6, 6.07) is 2.93. The van der Waals surface area contributed by atoms with Gasteiger partial charge in [0, 0.05) is 12.1 Å². The molecule has 0 bridgehead atoms. The van der Waals surface area contributed by atoms with Crippen LogP contribution >= 0.6 is 0 Å². The number of anilines is 2. The Kier molecular flexibility index (Phi) is 5.51. The van der Waals surface area contributed by atoms with E-state index in [0.29, 0.717) is 6.61 Å². The Morgan fingerprint density at radius 2 is 2.27 bits per heavy atom. The zero-order chi connectivity index (χ0) is 15.9. The second-order valence-electron chi connectivity index (χ2n) is 5.21. The van der Waals surface area contributed by atoms with Crippen molar-refractivity contribution < 1.29 is 14.5 Å². The van der Waals surface area contributed by atoms with E-state index in [-0.39, 0.29) is 23.4 Å². The van der Waals surface area contributed by atoms with Crippen LogP contribution in [0.3, 0.4) is 0 Å². The van der Waals surface area contributed by atoms with Crippen molar-refractivity contribution in [2.24, 2.45) is 0 Å². The van der Waals surface area contributed by atoms with Crippen LogP contribution in [0.4, 0.5) is 22.1 Å². The molecule has 0 spiro atoms. The number of pyridine rings is 1. The van der Waals surface area contributed by atoms with Gasteiger partial charge in [-0.3, -0.25) is 15.4 Å². The molecule has 8 heteroatoms. The Bertz CT molecular complexity index is 546. The summed E-state index contributed by atoms with van der Waals surface area (Å²) in [5.74, 6) is 0.412. The number of hydrogen-bond donors (Lipinski definition) is 2. The van der Waals surface area contributed by atoms with E-state index in [4.69, 9.17) is 4.74 Å². The van der Waals surface area contributed by atoms with E-state index >= 15 is 0 Å². The van der Waals surface area contributed by atoms with E-state index in [2.05, 4.69) is 15.6 Å². The van der Waals surface area contributed by atoms with Crippen molar-refractivity contribution in [2.45, 2.75) is 45.1 Å². The lowest BCUT2D eigenvalue weighted by atomic mass is 9.93. The molecular weight excluding hydrogens is 288 g/mol. The lowest BCUT2D eigenvalue weighted by Gasteiger charge is -2.26. The molecule has 1 heterocycles. The van der Waals surface area contributed by atoms with E-state index in [0.717, 1.165) is 32.1 Å². The highest BCUT2D eigenvalue weighted by molar-refractivity contribution is 5.84. The lowest BCUT2D eigenvalue weighted by molar-refractivity contribution is -0.384. The van der Waals surface area contributed by atoms with Crippen molar-refractivity contribution >= 4 is 23.4 Å². The van der Waals surface area contributed by atoms with Gasteiger partial charge in [-0.2, -0.15) is 0 Å². The van der Waals surface area contributed by atoms with Gasteiger partial charge in [0.05, 0.1) is 11.5 Å². The number of aromatic nitrogens is 1. The average Bonchev–Trinajstić information content (AvgIpc) is 2.43. The molecule has 1 aromatic heterocycles. The third-order valence-electron chi connectivity index (χ3n) is 3.48. The summed E-state index contributed by atoms with van der Waals surface area (Å²) in [5.41, 5.74) is -0.100. The van der Waals surface area contributed by atoms with Gasteiger partial charge in [0.15, 0.2) is 0 Å². The van der Waals surface area contributed by atoms with E-state index in [1.165, 1.54) is 12.1 Å². The molecule has 1 amide bonds. The molecule has 0 saturated heterocycles. The highest BCUT2D eigenvalue weighted by Gasteiger charge is 2.23. The highest BCUT2D eigenvalue weighted by Crippen LogP contribution is 2.29. The molecule has 0 aliphatic heterocycles. The third kappa shape index (κ3) is 4.31. The number of nitrogens with one attached hydrogen (secondary N) is 2. The normalized spacial score (nSPS) is 14.0. The second kappa shape index (κ2) is 7.58. The van der Waals surface area contributed by atoms with Gasteiger partial charge in [-0.05, 0) is 31.7 Å². The molecule has 22 heavy (non-hydrogen) atoms. The zero-order valence-electron chi connectivity index (χ0n) is 12.5. The number of nitro groups is 1. The number of hydrogen-bond acceptors (Lipinski definition) is 6. The Balaban J connectivity index is 2.03. The molecule has 0 radical (unpaired) electrons. The number of carbonyl (C=O) groups excluding carboxylic acids is 1. The number of ether oxygens (including phenoxy) is 1. The molecule has 2 rings (SSSR count). The zero-order valence-corrected chi connectivity index (χ0v) is 12.5. The van der Waals surface area contributed by atoms with Crippen LogP contribution < -0.4 is 10.6 Å². The first kappa shape index (κ1) is 16.0. The third-order valence-corrected chi connectivity index (χ3v) is 3.48. The van der Waals surface area contributed by atoms with Crippen LogP contribution in [-0.4, -0.2) is 28.6 Å². The van der Waals surface area contributed by atoms with Gasteiger partial charge in [0.25, 0.3) is 0 Å². The maximum absolute atomic E-state index is 11.6. The Morgan fingerprint density at radius 3 is 2.86 bits per heavy atom. The first-order valence-corrected chi connectivity index (χ1v) is 7.46. The maximum Gasteiger partial charge on any atom is 0.412 e. The van der Waals surface area contributed by atoms with Gasteiger partial charge < -0.3 is 10.1 Å². The highest BCUT2D eigenvalue weighted by atomic mass is 16.6. The summed E-state index contributed by atoms with van der Waals surface area (Å²) in [4.78, 5) is 26.2.